The van der Waals surface area contributed by atoms with Crippen molar-refractivity contribution in [2.24, 2.45) is 7.05 Å². The number of nitrogens with zero attached hydrogens (tertiary/aromatic N) is 3. The van der Waals surface area contributed by atoms with Gasteiger partial charge in [0.05, 0.1) is 19.5 Å². The molecule has 1 aromatic heterocycles. The molecule has 1 aromatic carbocycles. The van der Waals surface area contributed by atoms with Gasteiger partial charge in [-0.2, -0.15) is 0 Å². The van der Waals surface area contributed by atoms with E-state index in [1.165, 1.54) is 0 Å². The van der Waals surface area contributed by atoms with Crippen molar-refractivity contribution in [3.63, 3.8) is 0 Å². The van der Waals surface area contributed by atoms with Crippen molar-refractivity contribution in [1.82, 2.24) is 14.5 Å². The van der Waals surface area contributed by atoms with Gasteiger partial charge in [0.2, 0.25) is 5.91 Å². The molecule has 1 saturated heterocycles. The number of morpholine rings is 1. The lowest BCUT2D eigenvalue weighted by atomic mass is 10.1. The monoisotopic (exact) mass is 377 g/mol. The molecule has 2 heterocycles. The maximum absolute atomic E-state index is 12.5. The molecule has 0 saturated carbocycles. The lowest BCUT2D eigenvalue weighted by Gasteiger charge is -2.33. The van der Waals surface area contributed by atoms with E-state index >= 15 is 0 Å². The number of rotatable bonds is 4. The highest BCUT2D eigenvalue weighted by molar-refractivity contribution is 9.10. The number of halogens is 1. The summed E-state index contributed by atoms with van der Waals surface area (Å²) in [5, 5.41) is 0. The van der Waals surface area contributed by atoms with Gasteiger partial charge in [0.25, 0.3) is 0 Å². The van der Waals surface area contributed by atoms with Crippen LogP contribution in [0.2, 0.25) is 0 Å². The van der Waals surface area contributed by atoms with E-state index in [2.05, 4.69) is 20.9 Å². The third-order valence-corrected chi connectivity index (χ3v) is 4.70. The van der Waals surface area contributed by atoms with Gasteiger partial charge in [-0.25, -0.2) is 4.98 Å². The Bertz CT molecular complexity index is 669. The van der Waals surface area contributed by atoms with Gasteiger partial charge in [0.1, 0.15) is 6.10 Å². The molecule has 5 nitrogen and oxygen atoms in total. The van der Waals surface area contributed by atoms with Crippen LogP contribution in [-0.4, -0.2) is 40.1 Å². The molecule has 122 valence electrons. The lowest BCUT2D eigenvalue weighted by molar-refractivity contribution is -0.139. The van der Waals surface area contributed by atoms with Crippen LogP contribution in [0.5, 0.6) is 0 Å². The van der Waals surface area contributed by atoms with Crippen molar-refractivity contribution in [2.75, 3.05) is 19.7 Å². The summed E-state index contributed by atoms with van der Waals surface area (Å²) < 4.78 is 8.83. The van der Waals surface area contributed by atoms with Gasteiger partial charge in [0.15, 0.2) is 0 Å². The molecule has 2 aromatic rings. The van der Waals surface area contributed by atoms with Crippen molar-refractivity contribution in [3.05, 3.63) is 52.5 Å². The molecule has 0 aliphatic carbocycles. The molecule has 23 heavy (non-hydrogen) atoms. The van der Waals surface area contributed by atoms with Gasteiger partial charge >= 0.3 is 0 Å². The van der Waals surface area contributed by atoms with Crippen LogP contribution in [0.1, 0.15) is 23.8 Å². The quantitative estimate of drug-likeness (QED) is 0.822. The largest absolute Gasteiger partial charge is 0.370 e. The van der Waals surface area contributed by atoms with Crippen molar-refractivity contribution in [2.45, 2.75) is 18.9 Å². The summed E-state index contributed by atoms with van der Waals surface area (Å²) in [6.45, 7) is 1.86. The van der Waals surface area contributed by atoms with Crippen LogP contribution in [0, 0.1) is 0 Å². The number of aromatic nitrogens is 2. The predicted molar refractivity (Wildman–Crippen MR) is 90.9 cm³/mol. The van der Waals surface area contributed by atoms with Gasteiger partial charge < -0.3 is 14.2 Å². The van der Waals surface area contributed by atoms with Crippen molar-refractivity contribution in [1.29, 1.82) is 0 Å². The number of carbonyl (C=O) groups excluding carboxylic acids is 1. The van der Waals surface area contributed by atoms with E-state index in [0.29, 0.717) is 26.1 Å². The molecule has 0 N–H and O–H groups in total. The zero-order chi connectivity index (χ0) is 16.2. The lowest BCUT2D eigenvalue weighted by Crippen LogP contribution is -2.42. The molecule has 0 bridgehead atoms. The normalized spacial score (nSPS) is 18.2. The van der Waals surface area contributed by atoms with Crippen LogP contribution >= 0.6 is 15.9 Å². The minimum atomic E-state index is -0.0440. The van der Waals surface area contributed by atoms with E-state index in [-0.39, 0.29) is 12.0 Å². The second kappa shape index (κ2) is 7.27. The number of benzene rings is 1. The van der Waals surface area contributed by atoms with Crippen molar-refractivity contribution >= 4 is 21.8 Å². The molecule has 3 rings (SSSR count). The Balaban J connectivity index is 1.58. The summed E-state index contributed by atoms with van der Waals surface area (Å²) in [6.07, 6.45) is 4.76. The molecule has 1 aliphatic rings. The van der Waals surface area contributed by atoms with Crippen LogP contribution in [-0.2, 0) is 23.0 Å². The number of aryl methyl sites for hydroxylation is 2. The zero-order valence-electron chi connectivity index (χ0n) is 13.1. The first kappa shape index (κ1) is 16.2. The fourth-order valence-corrected chi connectivity index (χ4v) is 3.04. The van der Waals surface area contributed by atoms with Gasteiger partial charge in [-0.1, -0.05) is 28.1 Å². The van der Waals surface area contributed by atoms with E-state index < -0.39 is 0 Å². The number of carbonyl (C=O) groups is 1. The first-order chi connectivity index (χ1) is 11.1. The Hall–Kier alpha value is -1.66. The molecule has 1 fully saturated rings. The first-order valence-corrected chi connectivity index (χ1v) is 8.53. The van der Waals surface area contributed by atoms with E-state index in [0.717, 1.165) is 22.2 Å². The summed E-state index contributed by atoms with van der Waals surface area (Å²) >= 11 is 3.44. The number of amides is 1. The molecule has 0 radical (unpaired) electrons. The number of hydrogen-bond donors (Lipinski definition) is 0. The summed E-state index contributed by atoms with van der Waals surface area (Å²) in [4.78, 5) is 18.5. The first-order valence-electron chi connectivity index (χ1n) is 7.73. The Labute approximate surface area is 144 Å². The molecule has 1 aliphatic heterocycles. The van der Waals surface area contributed by atoms with Gasteiger partial charge in [-0.15, -0.1) is 0 Å². The Morgan fingerprint density at radius 1 is 1.39 bits per heavy atom. The van der Waals surface area contributed by atoms with Crippen molar-refractivity contribution < 1.29 is 9.53 Å². The van der Waals surface area contributed by atoms with E-state index in [1.54, 1.807) is 6.33 Å². The maximum Gasteiger partial charge on any atom is 0.223 e. The maximum atomic E-state index is 12.5. The highest BCUT2D eigenvalue weighted by Crippen LogP contribution is 2.24. The second-order valence-electron chi connectivity index (χ2n) is 5.75. The Morgan fingerprint density at radius 3 is 2.87 bits per heavy atom. The molecular weight excluding hydrogens is 358 g/mol. The van der Waals surface area contributed by atoms with Gasteiger partial charge in [0, 0.05) is 36.4 Å². The summed E-state index contributed by atoms with van der Waals surface area (Å²) in [5.41, 5.74) is 2.19. The summed E-state index contributed by atoms with van der Waals surface area (Å²) in [5.74, 6) is 0.177. The molecular formula is C17H20BrN3O2. The third kappa shape index (κ3) is 4.00. The minimum Gasteiger partial charge on any atom is -0.370 e. The summed E-state index contributed by atoms with van der Waals surface area (Å²) in [6, 6.07) is 8.08. The zero-order valence-corrected chi connectivity index (χ0v) is 14.7. The molecule has 1 amide bonds. The van der Waals surface area contributed by atoms with E-state index in [1.807, 2.05) is 47.0 Å². The van der Waals surface area contributed by atoms with Crippen LogP contribution in [0.3, 0.4) is 0 Å². The molecule has 0 spiro atoms. The van der Waals surface area contributed by atoms with Gasteiger partial charge in [-0.3, -0.25) is 4.79 Å². The van der Waals surface area contributed by atoms with Crippen LogP contribution in [0.15, 0.2) is 41.3 Å². The van der Waals surface area contributed by atoms with Crippen molar-refractivity contribution in [3.8, 4) is 0 Å². The number of imidazole rings is 1. The Kier molecular flexibility index (Phi) is 5.13. The number of ether oxygens (including phenoxy) is 1. The SMILES string of the molecule is Cn1cncc1CCC(=O)N1CCO[C@@H](c2ccc(Br)cc2)C1. The summed E-state index contributed by atoms with van der Waals surface area (Å²) in [7, 11) is 1.95. The molecule has 6 heteroatoms. The van der Waals surface area contributed by atoms with E-state index in [4.69, 9.17) is 4.74 Å². The average molecular weight is 378 g/mol. The topological polar surface area (TPSA) is 47.4 Å². The molecule has 0 unspecified atom stereocenters. The smallest absolute Gasteiger partial charge is 0.223 e. The average Bonchev–Trinajstić information content (AvgIpc) is 2.98. The van der Waals surface area contributed by atoms with Crippen LogP contribution < -0.4 is 0 Å². The van der Waals surface area contributed by atoms with Crippen LogP contribution in [0.4, 0.5) is 0 Å². The highest BCUT2D eigenvalue weighted by atomic mass is 79.9. The second-order valence-corrected chi connectivity index (χ2v) is 6.66. The van der Waals surface area contributed by atoms with E-state index in [9.17, 15) is 4.79 Å². The standard InChI is InChI=1S/C17H20BrN3O2/c1-20-12-19-10-15(20)6-7-17(22)21-8-9-23-16(11-21)13-2-4-14(18)5-3-13/h2-5,10,12,16H,6-9,11H2,1H3/t16-/m1/s1. The predicted octanol–water partition coefficient (Wildman–Crippen LogP) is 2.72. The van der Waals surface area contributed by atoms with Gasteiger partial charge in [-0.05, 0) is 24.1 Å². The highest BCUT2D eigenvalue weighted by Gasteiger charge is 2.25. The fourth-order valence-electron chi connectivity index (χ4n) is 2.77. The molecule has 1 atom stereocenters. The third-order valence-electron chi connectivity index (χ3n) is 4.17. The fraction of sp³-hybridized carbons (Fsp3) is 0.412. The van der Waals surface area contributed by atoms with Crippen LogP contribution in [0.25, 0.3) is 0 Å². The Morgan fingerprint density at radius 2 is 2.17 bits per heavy atom. The minimum absolute atomic E-state index is 0.0440. The number of hydrogen-bond acceptors (Lipinski definition) is 3.